The number of esters is 1. The molecular formula is C12H18N4O3S. The Hall–Kier alpha value is -1.54. The molecule has 2 heterocycles. The van der Waals surface area contributed by atoms with Gasteiger partial charge in [0.1, 0.15) is 5.01 Å². The highest BCUT2D eigenvalue weighted by atomic mass is 32.1. The van der Waals surface area contributed by atoms with Gasteiger partial charge in [0.05, 0.1) is 19.1 Å². The summed E-state index contributed by atoms with van der Waals surface area (Å²) in [5.74, 6) is -0.376. The van der Waals surface area contributed by atoms with Crippen molar-refractivity contribution in [3.63, 3.8) is 0 Å². The second kappa shape index (κ2) is 6.27. The van der Waals surface area contributed by atoms with Crippen LogP contribution in [-0.4, -0.2) is 41.3 Å². The van der Waals surface area contributed by atoms with Crippen LogP contribution in [0.2, 0.25) is 0 Å². The lowest BCUT2D eigenvalue weighted by Gasteiger charge is -2.21. The molecule has 0 saturated carbocycles. The lowest BCUT2D eigenvalue weighted by Crippen LogP contribution is -2.47. The lowest BCUT2D eigenvalue weighted by atomic mass is 10.00. The van der Waals surface area contributed by atoms with Gasteiger partial charge in [-0.1, -0.05) is 11.3 Å². The Morgan fingerprint density at radius 1 is 1.50 bits per heavy atom. The molecule has 0 bridgehead atoms. The minimum absolute atomic E-state index is 0.0920. The highest BCUT2D eigenvalue weighted by Crippen LogP contribution is 2.22. The summed E-state index contributed by atoms with van der Waals surface area (Å²) in [6.07, 6.45) is 2.53. The van der Waals surface area contributed by atoms with Crippen LogP contribution in [-0.2, 0) is 20.7 Å². The Bertz CT molecular complexity index is 497. The third kappa shape index (κ3) is 3.51. The molecule has 1 aromatic heterocycles. The predicted octanol–water partition coefficient (Wildman–Crippen LogP) is 0.724. The lowest BCUT2D eigenvalue weighted by molar-refractivity contribution is -0.140. The fraction of sp³-hybridized carbons (Fsp3) is 0.667. The normalized spacial score (nSPS) is 21.7. The van der Waals surface area contributed by atoms with Gasteiger partial charge >= 0.3 is 5.97 Å². The topological polar surface area (TPSA) is 93.2 Å². The minimum Gasteiger partial charge on any atom is -0.469 e. The fourth-order valence-corrected chi connectivity index (χ4v) is 2.77. The van der Waals surface area contributed by atoms with Gasteiger partial charge in [-0.15, -0.1) is 10.2 Å². The molecule has 1 atom stereocenters. The number of anilines is 1. The molecule has 1 aliphatic heterocycles. The summed E-state index contributed by atoms with van der Waals surface area (Å²) >= 11 is 1.28. The van der Waals surface area contributed by atoms with Crippen molar-refractivity contribution in [2.24, 2.45) is 0 Å². The third-order valence-electron chi connectivity index (χ3n) is 3.33. The number of ether oxygens (including phenoxy) is 1. The molecule has 2 N–H and O–H groups in total. The number of methoxy groups -OCH3 is 1. The SMILES string of the molecule is COC(=O)CCc1nnc(NC(=O)[C@]2(C)CCCN2)s1. The van der Waals surface area contributed by atoms with Crippen molar-refractivity contribution in [1.82, 2.24) is 15.5 Å². The first kappa shape index (κ1) is 14.9. The molecule has 110 valence electrons. The molecule has 0 spiro atoms. The summed E-state index contributed by atoms with van der Waals surface area (Å²) in [6.45, 7) is 2.74. The predicted molar refractivity (Wildman–Crippen MR) is 74.5 cm³/mol. The monoisotopic (exact) mass is 298 g/mol. The number of nitrogens with one attached hydrogen (secondary N) is 2. The Labute approximate surface area is 121 Å². The second-order valence-electron chi connectivity index (χ2n) is 4.89. The molecule has 1 fully saturated rings. The molecular weight excluding hydrogens is 280 g/mol. The van der Waals surface area contributed by atoms with E-state index in [0.717, 1.165) is 19.4 Å². The summed E-state index contributed by atoms with van der Waals surface area (Å²) in [5, 5.41) is 15.0. The molecule has 7 nitrogen and oxygen atoms in total. The average Bonchev–Trinajstić information content (AvgIpc) is 3.06. The van der Waals surface area contributed by atoms with Crippen LogP contribution in [0.5, 0.6) is 0 Å². The summed E-state index contributed by atoms with van der Waals surface area (Å²) in [5.41, 5.74) is -0.530. The van der Waals surface area contributed by atoms with E-state index in [2.05, 4.69) is 25.6 Å². The van der Waals surface area contributed by atoms with E-state index in [0.29, 0.717) is 16.6 Å². The van der Waals surface area contributed by atoms with E-state index in [1.165, 1.54) is 18.4 Å². The fourth-order valence-electron chi connectivity index (χ4n) is 2.04. The molecule has 0 aromatic carbocycles. The summed E-state index contributed by atoms with van der Waals surface area (Å²) in [4.78, 5) is 23.2. The smallest absolute Gasteiger partial charge is 0.305 e. The number of carbonyl (C=O) groups excluding carboxylic acids is 2. The van der Waals surface area contributed by atoms with Gasteiger partial charge in [-0.25, -0.2) is 0 Å². The van der Waals surface area contributed by atoms with E-state index in [9.17, 15) is 9.59 Å². The van der Waals surface area contributed by atoms with Crippen LogP contribution in [0.4, 0.5) is 5.13 Å². The van der Waals surface area contributed by atoms with E-state index in [4.69, 9.17) is 0 Å². The molecule has 1 saturated heterocycles. The number of hydrogen-bond donors (Lipinski definition) is 2. The molecule has 0 radical (unpaired) electrons. The summed E-state index contributed by atoms with van der Waals surface area (Å²) in [6, 6.07) is 0. The van der Waals surface area contributed by atoms with Crippen LogP contribution in [0.15, 0.2) is 0 Å². The number of aromatic nitrogens is 2. The van der Waals surface area contributed by atoms with Gasteiger partial charge in [-0.05, 0) is 26.3 Å². The Morgan fingerprint density at radius 3 is 2.95 bits per heavy atom. The van der Waals surface area contributed by atoms with E-state index in [1.54, 1.807) is 0 Å². The maximum atomic E-state index is 12.1. The standard InChI is InChI=1S/C12H18N4O3S/c1-12(6-3-7-13-12)10(18)14-11-16-15-8(20-11)4-5-9(17)19-2/h13H,3-7H2,1-2H3,(H,14,16,18)/t12-/m0/s1. The maximum Gasteiger partial charge on any atom is 0.305 e. The first-order chi connectivity index (χ1) is 9.53. The molecule has 2 rings (SSSR count). The van der Waals surface area contributed by atoms with Crippen LogP contribution >= 0.6 is 11.3 Å². The van der Waals surface area contributed by atoms with Crippen LogP contribution in [0.1, 0.15) is 31.2 Å². The largest absolute Gasteiger partial charge is 0.469 e. The maximum absolute atomic E-state index is 12.1. The number of amides is 1. The molecule has 1 amide bonds. The number of rotatable bonds is 5. The van der Waals surface area contributed by atoms with Crippen LogP contribution < -0.4 is 10.6 Å². The van der Waals surface area contributed by atoms with Gasteiger partial charge in [0.2, 0.25) is 11.0 Å². The van der Waals surface area contributed by atoms with Gasteiger partial charge in [0.15, 0.2) is 0 Å². The van der Waals surface area contributed by atoms with Crippen molar-refractivity contribution in [3.05, 3.63) is 5.01 Å². The van der Waals surface area contributed by atoms with Gasteiger partial charge < -0.3 is 10.1 Å². The van der Waals surface area contributed by atoms with Gasteiger partial charge in [-0.2, -0.15) is 0 Å². The van der Waals surface area contributed by atoms with E-state index >= 15 is 0 Å². The summed E-state index contributed by atoms with van der Waals surface area (Å²) < 4.78 is 4.56. The zero-order chi connectivity index (χ0) is 14.6. The van der Waals surface area contributed by atoms with E-state index < -0.39 is 5.54 Å². The van der Waals surface area contributed by atoms with Crippen LogP contribution in [0.25, 0.3) is 0 Å². The van der Waals surface area contributed by atoms with Crippen molar-refractivity contribution >= 4 is 28.3 Å². The number of hydrogen-bond acceptors (Lipinski definition) is 7. The highest BCUT2D eigenvalue weighted by Gasteiger charge is 2.36. The highest BCUT2D eigenvalue weighted by molar-refractivity contribution is 7.15. The minimum atomic E-state index is -0.530. The van der Waals surface area contributed by atoms with Crippen molar-refractivity contribution in [2.45, 2.75) is 38.1 Å². The Balaban J connectivity index is 1.89. The van der Waals surface area contributed by atoms with Gasteiger partial charge in [0, 0.05) is 6.42 Å². The second-order valence-corrected chi connectivity index (χ2v) is 5.96. The van der Waals surface area contributed by atoms with Crippen molar-refractivity contribution in [3.8, 4) is 0 Å². The number of carbonyl (C=O) groups is 2. The zero-order valence-corrected chi connectivity index (χ0v) is 12.4. The summed E-state index contributed by atoms with van der Waals surface area (Å²) in [7, 11) is 1.35. The quantitative estimate of drug-likeness (QED) is 0.778. The van der Waals surface area contributed by atoms with Crippen molar-refractivity contribution < 1.29 is 14.3 Å². The first-order valence-electron chi connectivity index (χ1n) is 6.49. The van der Waals surface area contributed by atoms with E-state index in [-0.39, 0.29) is 18.3 Å². The van der Waals surface area contributed by atoms with Crippen LogP contribution in [0.3, 0.4) is 0 Å². The van der Waals surface area contributed by atoms with Crippen LogP contribution in [0, 0.1) is 0 Å². The van der Waals surface area contributed by atoms with Crippen molar-refractivity contribution in [1.29, 1.82) is 0 Å². The van der Waals surface area contributed by atoms with Gasteiger partial charge in [0.25, 0.3) is 0 Å². The van der Waals surface area contributed by atoms with Crippen molar-refractivity contribution in [2.75, 3.05) is 19.0 Å². The first-order valence-corrected chi connectivity index (χ1v) is 7.31. The average molecular weight is 298 g/mol. The third-order valence-corrected chi connectivity index (χ3v) is 4.23. The molecule has 8 heteroatoms. The Kier molecular flexibility index (Phi) is 4.66. The zero-order valence-electron chi connectivity index (χ0n) is 11.6. The molecule has 0 aliphatic carbocycles. The number of nitrogens with zero attached hydrogens (tertiary/aromatic N) is 2. The van der Waals surface area contributed by atoms with E-state index in [1.807, 2.05) is 6.92 Å². The van der Waals surface area contributed by atoms with Gasteiger partial charge in [-0.3, -0.25) is 14.9 Å². The molecule has 1 aliphatic rings. The molecule has 0 unspecified atom stereocenters. The molecule has 20 heavy (non-hydrogen) atoms. The molecule has 1 aromatic rings. The number of aryl methyl sites for hydroxylation is 1. The Morgan fingerprint density at radius 2 is 2.30 bits per heavy atom.